The molecular weight excluding hydrogens is 331 g/mol. The zero-order valence-electron chi connectivity index (χ0n) is 11.3. The van der Waals surface area contributed by atoms with Gasteiger partial charge in [0.05, 0.1) is 0 Å². The molecule has 1 aromatic heterocycles. The lowest BCUT2D eigenvalue weighted by Gasteiger charge is -2.21. The third-order valence-electron chi connectivity index (χ3n) is 3.00. The predicted molar refractivity (Wildman–Crippen MR) is 84.0 cm³/mol. The van der Waals surface area contributed by atoms with Gasteiger partial charge < -0.3 is 0 Å². The van der Waals surface area contributed by atoms with Crippen molar-refractivity contribution in [1.29, 1.82) is 0 Å². The molecule has 0 amide bonds. The molecule has 21 heavy (non-hydrogen) atoms. The molecule has 1 aromatic carbocycles. The lowest BCUT2D eigenvalue weighted by atomic mass is 10.2. The van der Waals surface area contributed by atoms with Crippen molar-refractivity contribution < 1.29 is 8.42 Å². The summed E-state index contributed by atoms with van der Waals surface area (Å²) in [6.45, 7) is 2.25. The van der Waals surface area contributed by atoms with E-state index in [1.54, 1.807) is 31.2 Å². The van der Waals surface area contributed by atoms with Crippen LogP contribution in [0.25, 0.3) is 0 Å². The SMILES string of the molecule is CCN(Cc1ccccc1Cl)S(=O)(=O)c1cccnc1Cl. The monoisotopic (exact) mass is 344 g/mol. The Kier molecular flexibility index (Phi) is 5.22. The molecule has 0 unspecified atom stereocenters. The highest BCUT2D eigenvalue weighted by atomic mass is 35.5. The molecule has 0 N–H and O–H groups in total. The lowest BCUT2D eigenvalue weighted by Crippen LogP contribution is -2.30. The van der Waals surface area contributed by atoms with E-state index in [0.717, 1.165) is 5.56 Å². The van der Waals surface area contributed by atoms with Crippen LogP contribution in [0.5, 0.6) is 0 Å². The molecule has 0 saturated carbocycles. The number of halogens is 2. The molecule has 0 aliphatic heterocycles. The molecule has 2 rings (SSSR count). The Labute approximate surface area is 134 Å². The van der Waals surface area contributed by atoms with Gasteiger partial charge in [-0.05, 0) is 23.8 Å². The third-order valence-corrected chi connectivity index (χ3v) is 5.73. The lowest BCUT2D eigenvalue weighted by molar-refractivity contribution is 0.423. The number of pyridine rings is 1. The molecular formula is C14H14Cl2N2O2S. The number of benzene rings is 1. The van der Waals surface area contributed by atoms with Crippen LogP contribution in [0.3, 0.4) is 0 Å². The van der Waals surface area contributed by atoms with E-state index >= 15 is 0 Å². The summed E-state index contributed by atoms with van der Waals surface area (Å²) < 4.78 is 26.6. The van der Waals surface area contributed by atoms with Crippen LogP contribution in [0.4, 0.5) is 0 Å². The van der Waals surface area contributed by atoms with Crippen molar-refractivity contribution >= 4 is 33.2 Å². The first-order chi connectivity index (χ1) is 9.96. The second-order valence-electron chi connectivity index (χ2n) is 4.31. The molecule has 112 valence electrons. The Bertz CT molecular complexity index is 735. The molecule has 0 aliphatic rings. The maximum atomic E-state index is 12.7. The third kappa shape index (κ3) is 3.55. The fraction of sp³-hybridized carbons (Fsp3) is 0.214. The van der Waals surface area contributed by atoms with E-state index in [0.29, 0.717) is 11.6 Å². The summed E-state index contributed by atoms with van der Waals surface area (Å²) in [5, 5.41) is 0.499. The van der Waals surface area contributed by atoms with Crippen LogP contribution in [0.1, 0.15) is 12.5 Å². The minimum atomic E-state index is -3.72. The van der Waals surface area contributed by atoms with Crippen LogP contribution in [0, 0.1) is 0 Å². The molecule has 0 bridgehead atoms. The quantitative estimate of drug-likeness (QED) is 0.778. The number of nitrogens with zero attached hydrogens (tertiary/aromatic N) is 2. The second kappa shape index (κ2) is 6.75. The number of sulfonamides is 1. The maximum Gasteiger partial charge on any atom is 0.246 e. The van der Waals surface area contributed by atoms with Crippen molar-refractivity contribution in [2.75, 3.05) is 6.54 Å². The van der Waals surface area contributed by atoms with Crippen molar-refractivity contribution in [3.05, 3.63) is 58.3 Å². The van der Waals surface area contributed by atoms with E-state index in [2.05, 4.69) is 4.98 Å². The van der Waals surface area contributed by atoms with Gasteiger partial charge in [-0.1, -0.05) is 48.3 Å². The van der Waals surface area contributed by atoms with Crippen molar-refractivity contribution in [2.45, 2.75) is 18.4 Å². The van der Waals surface area contributed by atoms with E-state index in [4.69, 9.17) is 23.2 Å². The van der Waals surface area contributed by atoms with Gasteiger partial charge in [0.15, 0.2) is 0 Å². The average molecular weight is 345 g/mol. The van der Waals surface area contributed by atoms with Crippen LogP contribution >= 0.6 is 23.2 Å². The average Bonchev–Trinajstić information content (AvgIpc) is 2.46. The van der Waals surface area contributed by atoms with E-state index in [-0.39, 0.29) is 16.6 Å². The minimum Gasteiger partial charge on any atom is -0.243 e. The Balaban J connectivity index is 2.37. The van der Waals surface area contributed by atoms with Crippen LogP contribution in [0.15, 0.2) is 47.5 Å². The summed E-state index contributed by atoms with van der Waals surface area (Å²) in [6.07, 6.45) is 1.45. The predicted octanol–water partition coefficient (Wildman–Crippen LogP) is 3.60. The standard InChI is InChI=1S/C14H14Cl2N2O2S/c1-2-18(10-11-6-3-4-7-12(11)15)21(19,20)13-8-5-9-17-14(13)16/h3-9H,2,10H2,1H3. The zero-order chi connectivity index (χ0) is 15.5. The first-order valence-electron chi connectivity index (χ1n) is 6.31. The Morgan fingerprint density at radius 1 is 1.14 bits per heavy atom. The molecule has 2 aromatic rings. The van der Waals surface area contributed by atoms with E-state index in [1.807, 2.05) is 6.07 Å². The van der Waals surface area contributed by atoms with Gasteiger partial charge in [-0.25, -0.2) is 13.4 Å². The maximum absolute atomic E-state index is 12.7. The summed E-state index contributed by atoms with van der Waals surface area (Å²) in [4.78, 5) is 3.82. The van der Waals surface area contributed by atoms with Gasteiger partial charge in [0, 0.05) is 24.3 Å². The number of hydrogen-bond acceptors (Lipinski definition) is 3. The van der Waals surface area contributed by atoms with E-state index in [9.17, 15) is 8.42 Å². The molecule has 7 heteroatoms. The van der Waals surface area contributed by atoms with E-state index in [1.165, 1.54) is 16.6 Å². The highest BCUT2D eigenvalue weighted by Crippen LogP contribution is 2.25. The first-order valence-corrected chi connectivity index (χ1v) is 8.50. The van der Waals surface area contributed by atoms with Gasteiger partial charge in [-0.3, -0.25) is 0 Å². The van der Waals surface area contributed by atoms with Crippen molar-refractivity contribution in [2.24, 2.45) is 0 Å². The molecule has 4 nitrogen and oxygen atoms in total. The molecule has 0 radical (unpaired) electrons. The molecule has 0 spiro atoms. The van der Waals surface area contributed by atoms with Gasteiger partial charge in [0.2, 0.25) is 10.0 Å². The van der Waals surface area contributed by atoms with Crippen molar-refractivity contribution in [1.82, 2.24) is 9.29 Å². The molecule has 0 atom stereocenters. The Morgan fingerprint density at radius 2 is 1.86 bits per heavy atom. The molecule has 0 fully saturated rings. The summed E-state index contributed by atoms with van der Waals surface area (Å²) in [5.41, 5.74) is 0.740. The van der Waals surface area contributed by atoms with Gasteiger partial charge in [0.1, 0.15) is 10.0 Å². The van der Waals surface area contributed by atoms with Crippen LogP contribution < -0.4 is 0 Å². The van der Waals surface area contributed by atoms with Crippen molar-refractivity contribution in [3.8, 4) is 0 Å². The van der Waals surface area contributed by atoms with Crippen molar-refractivity contribution in [3.63, 3.8) is 0 Å². The smallest absolute Gasteiger partial charge is 0.243 e. The highest BCUT2D eigenvalue weighted by molar-refractivity contribution is 7.89. The van der Waals surface area contributed by atoms with Crippen LogP contribution in [-0.2, 0) is 16.6 Å². The largest absolute Gasteiger partial charge is 0.246 e. The number of hydrogen-bond donors (Lipinski definition) is 0. The van der Waals surface area contributed by atoms with Crippen LogP contribution in [0.2, 0.25) is 10.2 Å². The summed E-state index contributed by atoms with van der Waals surface area (Å²) in [6, 6.07) is 10.1. The summed E-state index contributed by atoms with van der Waals surface area (Å²) >= 11 is 12.0. The van der Waals surface area contributed by atoms with Gasteiger partial charge in [0.25, 0.3) is 0 Å². The van der Waals surface area contributed by atoms with E-state index < -0.39 is 10.0 Å². The fourth-order valence-corrected chi connectivity index (χ4v) is 3.94. The molecule has 0 saturated heterocycles. The zero-order valence-corrected chi connectivity index (χ0v) is 13.7. The van der Waals surface area contributed by atoms with Gasteiger partial charge in [-0.15, -0.1) is 0 Å². The first kappa shape index (κ1) is 16.2. The number of aromatic nitrogens is 1. The Hall–Kier alpha value is -1.14. The van der Waals surface area contributed by atoms with Crippen LogP contribution in [-0.4, -0.2) is 24.3 Å². The number of rotatable bonds is 5. The van der Waals surface area contributed by atoms with Gasteiger partial charge in [-0.2, -0.15) is 4.31 Å². The van der Waals surface area contributed by atoms with Gasteiger partial charge >= 0.3 is 0 Å². The highest BCUT2D eigenvalue weighted by Gasteiger charge is 2.26. The fourth-order valence-electron chi connectivity index (χ4n) is 1.89. The minimum absolute atomic E-state index is 0.000528. The summed E-state index contributed by atoms with van der Waals surface area (Å²) in [5.74, 6) is 0. The summed E-state index contributed by atoms with van der Waals surface area (Å²) in [7, 11) is -3.72. The normalized spacial score (nSPS) is 11.8. The molecule has 1 heterocycles. The topological polar surface area (TPSA) is 50.3 Å². The molecule has 0 aliphatic carbocycles. The Morgan fingerprint density at radius 3 is 2.48 bits per heavy atom. The second-order valence-corrected chi connectivity index (χ2v) is 6.99.